The first-order chi connectivity index (χ1) is 13.8. The van der Waals surface area contributed by atoms with Gasteiger partial charge in [0, 0.05) is 17.6 Å². The summed E-state index contributed by atoms with van der Waals surface area (Å²) in [6.07, 6.45) is -4.23. The average molecular weight is 394 g/mol. The van der Waals surface area contributed by atoms with E-state index in [-0.39, 0.29) is 6.42 Å². The van der Waals surface area contributed by atoms with E-state index in [1.54, 1.807) is 35.8 Å². The molecular weight excluding hydrogens is 377 g/mol. The molecule has 0 amide bonds. The molecule has 0 radical (unpaired) electrons. The van der Waals surface area contributed by atoms with Crippen molar-refractivity contribution >= 4 is 22.3 Å². The molecule has 0 aliphatic carbocycles. The zero-order valence-electron chi connectivity index (χ0n) is 15.9. The summed E-state index contributed by atoms with van der Waals surface area (Å²) in [7, 11) is 0. The van der Waals surface area contributed by atoms with Crippen molar-refractivity contribution in [2.45, 2.75) is 33.0 Å². The summed E-state index contributed by atoms with van der Waals surface area (Å²) >= 11 is 0. The van der Waals surface area contributed by atoms with E-state index in [1.165, 1.54) is 6.07 Å². The van der Waals surface area contributed by atoms with Gasteiger partial charge in [-0.05, 0) is 43.7 Å². The normalized spacial score (nSPS) is 12.0. The molecule has 4 nitrogen and oxygen atoms in total. The van der Waals surface area contributed by atoms with Gasteiger partial charge in [0.1, 0.15) is 6.07 Å². The van der Waals surface area contributed by atoms with Gasteiger partial charge in [0.2, 0.25) is 0 Å². The minimum Gasteiger partial charge on any atom is -0.340 e. The van der Waals surface area contributed by atoms with Crippen molar-refractivity contribution in [1.82, 2.24) is 4.57 Å². The molecule has 0 spiro atoms. The van der Waals surface area contributed by atoms with E-state index in [9.17, 15) is 18.4 Å². The topological polar surface area (TPSA) is 64.9 Å². The maximum Gasteiger partial charge on any atom is 0.416 e. The lowest BCUT2D eigenvalue weighted by Crippen LogP contribution is -2.05. The second-order valence-electron chi connectivity index (χ2n) is 6.54. The van der Waals surface area contributed by atoms with Gasteiger partial charge in [0.05, 0.1) is 40.5 Å². The molecule has 0 aliphatic rings. The minimum atomic E-state index is -4.45. The van der Waals surface area contributed by atoms with Crippen LogP contribution in [0.3, 0.4) is 0 Å². The van der Waals surface area contributed by atoms with E-state index in [2.05, 4.69) is 11.1 Å². The number of benzene rings is 2. The molecule has 0 unspecified atom stereocenters. The van der Waals surface area contributed by atoms with Gasteiger partial charge in [0.25, 0.3) is 0 Å². The van der Waals surface area contributed by atoms with E-state index in [4.69, 9.17) is 5.26 Å². The van der Waals surface area contributed by atoms with Crippen LogP contribution < -0.4 is 0 Å². The zero-order valence-corrected chi connectivity index (χ0v) is 15.9. The Labute approximate surface area is 166 Å². The molecule has 0 saturated heterocycles. The van der Waals surface area contributed by atoms with Gasteiger partial charge >= 0.3 is 6.18 Å². The second kappa shape index (κ2) is 7.81. The standard InChI is InChI=1S/C22H17F3N4/c1-3-29-20-12-16(22(23,24)25)6-9-18(20)19(13-27)21(29)15-4-7-17(8-5-15)28-14(2)10-11-26/h4-9,12H,3,10H2,1-2H3. The first kappa shape index (κ1) is 20.2. The van der Waals surface area contributed by atoms with Gasteiger partial charge in [-0.25, -0.2) is 0 Å². The summed E-state index contributed by atoms with van der Waals surface area (Å²) in [5.41, 5.74) is 2.61. The van der Waals surface area contributed by atoms with Gasteiger partial charge in [-0.3, -0.25) is 4.99 Å². The number of aryl methyl sites for hydroxylation is 1. The molecule has 1 heterocycles. The third-order valence-electron chi connectivity index (χ3n) is 4.62. The number of hydrogen-bond donors (Lipinski definition) is 0. The number of nitriles is 2. The van der Waals surface area contributed by atoms with Crippen LogP contribution in [0.15, 0.2) is 47.5 Å². The number of halogens is 3. The number of fused-ring (bicyclic) bond motifs is 1. The molecule has 3 aromatic rings. The fourth-order valence-corrected chi connectivity index (χ4v) is 3.34. The molecular formula is C22H17F3N4. The fraction of sp³-hybridized carbons (Fsp3) is 0.227. The SMILES string of the molecule is CCn1c(-c2ccc(N=C(C)CC#N)cc2)c(C#N)c2ccc(C(F)(F)F)cc21. The third-order valence-corrected chi connectivity index (χ3v) is 4.62. The maximum absolute atomic E-state index is 13.2. The minimum absolute atomic E-state index is 0.228. The van der Waals surface area contributed by atoms with Gasteiger partial charge < -0.3 is 4.57 Å². The first-order valence-corrected chi connectivity index (χ1v) is 8.95. The van der Waals surface area contributed by atoms with Gasteiger partial charge in [0.15, 0.2) is 0 Å². The average Bonchev–Trinajstić information content (AvgIpc) is 3.00. The monoisotopic (exact) mass is 394 g/mol. The molecule has 0 bridgehead atoms. The Morgan fingerprint density at radius 1 is 1.10 bits per heavy atom. The lowest BCUT2D eigenvalue weighted by atomic mass is 10.0. The lowest BCUT2D eigenvalue weighted by molar-refractivity contribution is -0.137. The second-order valence-corrected chi connectivity index (χ2v) is 6.54. The molecule has 146 valence electrons. The van der Waals surface area contributed by atoms with Crippen LogP contribution in [0.5, 0.6) is 0 Å². The zero-order chi connectivity index (χ0) is 21.2. The van der Waals surface area contributed by atoms with Crippen LogP contribution in [-0.2, 0) is 12.7 Å². The Balaban J connectivity index is 2.18. The molecule has 7 heteroatoms. The number of hydrogen-bond acceptors (Lipinski definition) is 3. The first-order valence-electron chi connectivity index (χ1n) is 8.95. The van der Waals surface area contributed by atoms with Crippen LogP contribution in [0.1, 0.15) is 31.4 Å². The Kier molecular flexibility index (Phi) is 5.43. The van der Waals surface area contributed by atoms with Crippen molar-refractivity contribution in [1.29, 1.82) is 10.5 Å². The Morgan fingerprint density at radius 3 is 2.34 bits per heavy atom. The van der Waals surface area contributed by atoms with E-state index >= 15 is 0 Å². The number of nitrogens with zero attached hydrogens (tertiary/aromatic N) is 4. The van der Waals surface area contributed by atoms with Gasteiger partial charge in [-0.15, -0.1) is 0 Å². The third kappa shape index (κ3) is 3.86. The van der Waals surface area contributed by atoms with Crippen molar-refractivity contribution < 1.29 is 13.2 Å². The molecule has 0 saturated carbocycles. The van der Waals surface area contributed by atoms with E-state index in [1.807, 2.05) is 13.0 Å². The summed E-state index contributed by atoms with van der Waals surface area (Å²) in [6, 6.07) is 14.7. The van der Waals surface area contributed by atoms with E-state index in [0.717, 1.165) is 12.1 Å². The molecule has 0 fully saturated rings. The maximum atomic E-state index is 13.2. The van der Waals surface area contributed by atoms with Crippen molar-refractivity contribution in [2.75, 3.05) is 0 Å². The highest BCUT2D eigenvalue weighted by Crippen LogP contribution is 2.37. The van der Waals surface area contributed by atoms with Crippen molar-refractivity contribution in [3.05, 3.63) is 53.6 Å². The predicted molar refractivity (Wildman–Crippen MR) is 106 cm³/mol. The summed E-state index contributed by atoms with van der Waals surface area (Å²) in [5, 5.41) is 18.9. The van der Waals surface area contributed by atoms with Crippen molar-refractivity contribution in [3.8, 4) is 23.4 Å². The van der Waals surface area contributed by atoms with Crippen LogP contribution in [0.2, 0.25) is 0 Å². The van der Waals surface area contributed by atoms with Crippen LogP contribution in [0.25, 0.3) is 22.2 Å². The molecule has 2 aromatic carbocycles. The predicted octanol–water partition coefficient (Wildman–Crippen LogP) is 6.22. The largest absolute Gasteiger partial charge is 0.416 e. The van der Waals surface area contributed by atoms with Crippen LogP contribution in [0, 0.1) is 22.7 Å². The molecule has 0 N–H and O–H groups in total. The van der Waals surface area contributed by atoms with Gasteiger partial charge in [-0.2, -0.15) is 23.7 Å². The van der Waals surface area contributed by atoms with E-state index < -0.39 is 11.7 Å². The quantitative estimate of drug-likeness (QED) is 0.493. The summed E-state index contributed by atoms with van der Waals surface area (Å²) < 4.78 is 41.2. The fourth-order valence-electron chi connectivity index (χ4n) is 3.34. The highest BCUT2D eigenvalue weighted by atomic mass is 19.4. The smallest absolute Gasteiger partial charge is 0.340 e. The molecule has 0 atom stereocenters. The van der Waals surface area contributed by atoms with Crippen LogP contribution >= 0.6 is 0 Å². The van der Waals surface area contributed by atoms with Crippen molar-refractivity contribution in [3.63, 3.8) is 0 Å². The molecule has 1 aromatic heterocycles. The Bertz CT molecular complexity index is 1170. The number of alkyl halides is 3. The molecule has 0 aliphatic heterocycles. The van der Waals surface area contributed by atoms with E-state index in [0.29, 0.717) is 45.7 Å². The molecule has 29 heavy (non-hydrogen) atoms. The van der Waals surface area contributed by atoms with Gasteiger partial charge in [-0.1, -0.05) is 18.2 Å². The number of rotatable bonds is 4. The Hall–Kier alpha value is -3.58. The number of aromatic nitrogens is 1. The van der Waals surface area contributed by atoms with Crippen LogP contribution in [-0.4, -0.2) is 10.3 Å². The summed E-state index contributed by atoms with van der Waals surface area (Å²) in [4.78, 5) is 4.35. The Morgan fingerprint density at radius 2 is 1.79 bits per heavy atom. The summed E-state index contributed by atoms with van der Waals surface area (Å²) in [5.74, 6) is 0. The van der Waals surface area contributed by atoms with Crippen molar-refractivity contribution in [2.24, 2.45) is 4.99 Å². The highest BCUT2D eigenvalue weighted by Gasteiger charge is 2.31. The number of aliphatic imine (C=N–C) groups is 1. The van der Waals surface area contributed by atoms with Crippen LogP contribution in [0.4, 0.5) is 18.9 Å². The molecule has 3 rings (SSSR count). The summed E-state index contributed by atoms with van der Waals surface area (Å²) in [6.45, 7) is 4.00. The lowest BCUT2D eigenvalue weighted by Gasteiger charge is -2.10. The highest BCUT2D eigenvalue weighted by molar-refractivity contribution is 5.95.